The van der Waals surface area contributed by atoms with Gasteiger partial charge in [-0.15, -0.1) is 0 Å². The van der Waals surface area contributed by atoms with Gasteiger partial charge in [0.2, 0.25) is 0 Å². The van der Waals surface area contributed by atoms with E-state index in [9.17, 15) is 0 Å². The Morgan fingerprint density at radius 1 is 1.36 bits per heavy atom. The van der Waals surface area contributed by atoms with E-state index >= 15 is 0 Å². The van der Waals surface area contributed by atoms with Crippen molar-refractivity contribution in [1.82, 2.24) is 0 Å². The van der Waals surface area contributed by atoms with Gasteiger partial charge in [-0.1, -0.05) is 33.6 Å². The first-order valence-corrected chi connectivity index (χ1v) is 8.73. The van der Waals surface area contributed by atoms with Gasteiger partial charge in [0.25, 0.3) is 0 Å². The highest BCUT2D eigenvalue weighted by Gasteiger charge is 2.38. The van der Waals surface area contributed by atoms with Gasteiger partial charge in [0.15, 0.2) is 8.32 Å². The van der Waals surface area contributed by atoms with Crippen molar-refractivity contribution >= 4 is 24.2 Å². The fourth-order valence-corrected chi connectivity index (χ4v) is 2.35. The molecule has 0 amide bonds. The van der Waals surface area contributed by atoms with Gasteiger partial charge in [-0.05, 0) is 29.4 Å². The minimum Gasteiger partial charge on any atom is -0.403 e. The molecule has 0 aliphatic heterocycles. The molecule has 0 N–H and O–H groups in total. The predicted molar refractivity (Wildman–Crippen MR) is 69.1 cm³/mol. The van der Waals surface area contributed by atoms with Gasteiger partial charge in [0.1, 0.15) is 6.10 Å². The molecular weight excluding hydrogens is 256 g/mol. The Morgan fingerprint density at radius 3 is 2.14 bits per heavy atom. The fourth-order valence-electron chi connectivity index (χ4n) is 0.808. The van der Waals surface area contributed by atoms with Crippen LogP contribution in [0.1, 0.15) is 34.1 Å². The Morgan fingerprint density at radius 2 is 1.86 bits per heavy atom. The van der Waals surface area contributed by atoms with Gasteiger partial charge in [-0.25, -0.2) is 0 Å². The molecule has 0 unspecified atom stereocenters. The van der Waals surface area contributed by atoms with E-state index in [1.165, 1.54) is 0 Å². The molecule has 1 atom stereocenters. The molecule has 0 saturated heterocycles. The molecule has 0 aromatic rings. The molecule has 0 aromatic carbocycles. The van der Waals surface area contributed by atoms with Crippen LogP contribution >= 0.6 is 15.9 Å². The van der Waals surface area contributed by atoms with Crippen LogP contribution in [0.25, 0.3) is 0 Å². The maximum Gasteiger partial charge on any atom is 0.193 e. The smallest absolute Gasteiger partial charge is 0.193 e. The zero-order valence-corrected chi connectivity index (χ0v) is 12.7. The Labute approximate surface area is 97.9 Å². The lowest BCUT2D eigenvalue weighted by molar-refractivity contribution is 0.229. The standard InChI is InChI=1S/C11H21BrOSi/c1-7-10(8-9-12)13-14(5,6)11(2,3)4/h10H,7H2,1-6H3/t10-/m0/s1. The summed E-state index contributed by atoms with van der Waals surface area (Å²) in [5, 5.41) is 0.258. The summed E-state index contributed by atoms with van der Waals surface area (Å²) in [7, 11) is -1.65. The van der Waals surface area contributed by atoms with Crippen LogP contribution in [0.15, 0.2) is 0 Å². The second-order valence-electron chi connectivity index (χ2n) is 5.01. The quantitative estimate of drug-likeness (QED) is 0.556. The first-order valence-electron chi connectivity index (χ1n) is 5.03. The van der Waals surface area contributed by atoms with Crippen molar-refractivity contribution in [3.63, 3.8) is 0 Å². The summed E-state index contributed by atoms with van der Waals surface area (Å²) < 4.78 is 6.13. The first kappa shape index (κ1) is 14.2. The van der Waals surface area contributed by atoms with Gasteiger partial charge in [-0.3, -0.25) is 0 Å². The van der Waals surface area contributed by atoms with E-state index in [2.05, 4.69) is 67.5 Å². The van der Waals surface area contributed by atoms with E-state index < -0.39 is 8.32 Å². The van der Waals surface area contributed by atoms with Gasteiger partial charge < -0.3 is 4.43 Å². The van der Waals surface area contributed by atoms with E-state index in [0.29, 0.717) is 0 Å². The molecule has 0 fully saturated rings. The highest BCUT2D eigenvalue weighted by Crippen LogP contribution is 2.37. The molecule has 0 heterocycles. The topological polar surface area (TPSA) is 9.23 Å². The summed E-state index contributed by atoms with van der Waals surface area (Å²) >= 11 is 3.12. The Bertz CT molecular complexity index is 232. The second-order valence-corrected chi connectivity index (χ2v) is 10.2. The summed E-state index contributed by atoms with van der Waals surface area (Å²) in [6, 6.07) is 0. The molecule has 14 heavy (non-hydrogen) atoms. The van der Waals surface area contributed by atoms with Crippen LogP contribution in [-0.4, -0.2) is 14.4 Å². The summed E-state index contributed by atoms with van der Waals surface area (Å²) in [6.07, 6.45) is 1.03. The van der Waals surface area contributed by atoms with Gasteiger partial charge in [-0.2, -0.15) is 0 Å². The Hall–Kier alpha value is 0.217. The summed E-state index contributed by atoms with van der Waals surface area (Å²) in [5.41, 5.74) is 0. The molecule has 0 bridgehead atoms. The highest BCUT2D eigenvalue weighted by atomic mass is 79.9. The molecule has 0 radical (unpaired) electrons. The lowest BCUT2D eigenvalue weighted by atomic mass is 10.2. The van der Waals surface area contributed by atoms with Crippen molar-refractivity contribution in [2.75, 3.05) is 0 Å². The molecule has 0 aromatic heterocycles. The SMILES string of the molecule is CC[C@@H](C#CBr)O[Si](C)(C)C(C)(C)C. The van der Waals surface area contributed by atoms with Crippen molar-refractivity contribution in [2.45, 2.75) is 58.4 Å². The predicted octanol–water partition coefficient (Wildman–Crippen LogP) is 4.14. The minimum atomic E-state index is -1.65. The average Bonchev–Trinajstić information content (AvgIpc) is 2.01. The third kappa shape index (κ3) is 4.16. The number of hydrogen-bond donors (Lipinski definition) is 0. The van der Waals surface area contributed by atoms with E-state index in [1.54, 1.807) is 0 Å². The van der Waals surface area contributed by atoms with Crippen molar-refractivity contribution in [1.29, 1.82) is 0 Å². The average molecular weight is 277 g/mol. The molecule has 0 aliphatic rings. The largest absolute Gasteiger partial charge is 0.403 e. The van der Waals surface area contributed by atoms with Crippen molar-refractivity contribution < 1.29 is 4.43 Å². The van der Waals surface area contributed by atoms with Crippen LogP contribution in [0, 0.1) is 10.8 Å². The first-order chi connectivity index (χ1) is 6.24. The molecule has 0 rings (SSSR count). The summed E-state index contributed by atoms with van der Waals surface area (Å²) in [6.45, 7) is 13.3. The molecule has 0 saturated carbocycles. The van der Waals surface area contributed by atoms with E-state index in [-0.39, 0.29) is 11.1 Å². The van der Waals surface area contributed by atoms with Crippen molar-refractivity contribution in [3.8, 4) is 10.8 Å². The van der Waals surface area contributed by atoms with E-state index in [4.69, 9.17) is 4.43 Å². The lowest BCUT2D eigenvalue weighted by Gasteiger charge is -2.37. The van der Waals surface area contributed by atoms with Crippen LogP contribution in [-0.2, 0) is 4.43 Å². The Kier molecular flexibility index (Phi) is 5.42. The lowest BCUT2D eigenvalue weighted by Crippen LogP contribution is -2.43. The summed E-state index contributed by atoms with van der Waals surface area (Å²) in [5.74, 6) is 3.04. The molecule has 0 spiro atoms. The molecular formula is C11H21BrOSi. The van der Waals surface area contributed by atoms with Crippen LogP contribution in [0.2, 0.25) is 18.1 Å². The van der Waals surface area contributed by atoms with Crippen LogP contribution < -0.4 is 0 Å². The van der Waals surface area contributed by atoms with Crippen molar-refractivity contribution in [2.24, 2.45) is 0 Å². The van der Waals surface area contributed by atoms with Crippen molar-refractivity contribution in [3.05, 3.63) is 0 Å². The van der Waals surface area contributed by atoms with E-state index in [1.807, 2.05) is 0 Å². The third-order valence-corrected chi connectivity index (χ3v) is 7.54. The van der Waals surface area contributed by atoms with Crippen LogP contribution in [0.5, 0.6) is 0 Å². The molecule has 3 heteroatoms. The number of hydrogen-bond acceptors (Lipinski definition) is 1. The minimum absolute atomic E-state index is 0.0790. The van der Waals surface area contributed by atoms with Crippen LogP contribution in [0.3, 0.4) is 0 Å². The molecule has 1 nitrogen and oxygen atoms in total. The zero-order chi connectivity index (χ0) is 11.4. The van der Waals surface area contributed by atoms with Gasteiger partial charge in [0.05, 0.1) is 0 Å². The normalized spacial score (nSPS) is 14.5. The Balaban J connectivity index is 4.53. The number of rotatable bonds is 3. The number of halogens is 1. The molecule has 82 valence electrons. The molecule has 0 aliphatic carbocycles. The zero-order valence-electron chi connectivity index (χ0n) is 10.1. The summed E-state index contributed by atoms with van der Waals surface area (Å²) in [4.78, 5) is 2.75. The monoisotopic (exact) mass is 276 g/mol. The maximum absolute atomic E-state index is 6.13. The van der Waals surface area contributed by atoms with E-state index in [0.717, 1.165) is 6.42 Å². The highest BCUT2D eigenvalue weighted by molar-refractivity contribution is 9.12. The van der Waals surface area contributed by atoms with Crippen LogP contribution in [0.4, 0.5) is 0 Å². The van der Waals surface area contributed by atoms with Gasteiger partial charge >= 0.3 is 0 Å². The third-order valence-electron chi connectivity index (χ3n) is 2.83. The maximum atomic E-state index is 6.13. The second kappa shape index (κ2) is 5.34. The fraction of sp³-hybridized carbons (Fsp3) is 0.818. The van der Waals surface area contributed by atoms with Gasteiger partial charge in [0, 0.05) is 15.9 Å².